The Hall–Kier alpha value is -1.10. The Morgan fingerprint density at radius 3 is 1.07 bits per heavy atom. The molecule has 230 valence electrons. The molecule has 3 N–H and O–H groups in total. The fourth-order valence-corrected chi connectivity index (χ4v) is 11.2. The van der Waals surface area contributed by atoms with Gasteiger partial charge in [0, 0.05) is 0 Å². The third-order valence-electron chi connectivity index (χ3n) is 7.89. The second-order valence-corrected chi connectivity index (χ2v) is 16.7. The standard InChI is InChI=1S/C33H57O6.Bi/c34-31(35)27-21-15-9-3-1-6-12-18-24-30(26-20-14-8-5-11-17-23-29-33(38)39)25-19-13-7-2-4-10-16-22-28-32(36)37;/h1-23,26-29H2,(H,34,35)(H,36,37)(H,38,39);. The zero-order valence-electron chi connectivity index (χ0n) is 25.1. The van der Waals surface area contributed by atoms with Gasteiger partial charge in [-0.3, -0.25) is 4.79 Å². The van der Waals surface area contributed by atoms with Crippen molar-refractivity contribution in [3.05, 3.63) is 8.85 Å². The third-order valence-corrected chi connectivity index (χ3v) is 13.8. The van der Waals surface area contributed by atoms with Gasteiger partial charge in [0.1, 0.15) is 0 Å². The fraction of sp³-hybridized carbons (Fsp3) is 0.818. The molecule has 0 spiro atoms. The Kier molecular flexibility index (Phi) is 23.6. The monoisotopic (exact) mass is 758 g/mol. The number of aliphatic carboxylic acids is 3. The molecular weight excluding hydrogens is 701 g/mol. The number of rotatable bonds is 30. The van der Waals surface area contributed by atoms with Gasteiger partial charge in [-0.15, -0.1) is 0 Å². The molecule has 0 atom stereocenters. The van der Waals surface area contributed by atoms with Crippen LogP contribution in [0.3, 0.4) is 0 Å². The molecule has 1 heterocycles. The van der Waals surface area contributed by atoms with Crippen LogP contribution in [-0.2, 0) is 14.4 Å². The van der Waals surface area contributed by atoms with Crippen LogP contribution in [0.5, 0.6) is 0 Å². The summed E-state index contributed by atoms with van der Waals surface area (Å²) in [6.07, 6.45) is 29.3. The van der Waals surface area contributed by atoms with Crippen LogP contribution in [0.1, 0.15) is 173 Å². The molecule has 0 fully saturated rings. The van der Waals surface area contributed by atoms with Gasteiger partial charge in [-0.2, -0.15) is 0 Å². The van der Waals surface area contributed by atoms with E-state index >= 15 is 0 Å². The van der Waals surface area contributed by atoms with Gasteiger partial charge in [-0.05, 0) is 0 Å². The van der Waals surface area contributed by atoms with Crippen molar-refractivity contribution in [1.82, 2.24) is 0 Å². The number of hydrogen-bond acceptors (Lipinski definition) is 3. The zero-order chi connectivity index (χ0) is 29.3. The van der Waals surface area contributed by atoms with Gasteiger partial charge in [-0.25, -0.2) is 0 Å². The van der Waals surface area contributed by atoms with Crippen LogP contribution in [0, 0.1) is 0 Å². The summed E-state index contributed by atoms with van der Waals surface area (Å²) in [5.74, 6) is -2.03. The van der Waals surface area contributed by atoms with Crippen molar-refractivity contribution in [3.8, 4) is 0 Å². The Morgan fingerprint density at radius 1 is 0.400 bits per heavy atom. The first-order valence-corrected chi connectivity index (χ1v) is 19.8. The molecule has 40 heavy (non-hydrogen) atoms. The first kappa shape index (κ1) is 36.9. The smallest absolute Gasteiger partial charge is 0.481 e. The van der Waals surface area contributed by atoms with Crippen molar-refractivity contribution in [2.75, 3.05) is 0 Å². The van der Waals surface area contributed by atoms with Crippen molar-refractivity contribution in [3.63, 3.8) is 0 Å². The van der Waals surface area contributed by atoms with Crippen molar-refractivity contribution in [1.29, 1.82) is 0 Å². The van der Waals surface area contributed by atoms with E-state index in [0.29, 0.717) is 19.3 Å². The molecule has 0 aromatic heterocycles. The van der Waals surface area contributed by atoms with Gasteiger partial charge in [0.05, 0.1) is 0 Å². The number of allylic oxidation sites excluding steroid dienone is 2. The Balaban J connectivity index is 2.25. The molecule has 0 radical (unpaired) electrons. The van der Waals surface area contributed by atoms with Crippen LogP contribution in [0.25, 0.3) is 0 Å². The van der Waals surface area contributed by atoms with E-state index in [-0.39, 0.29) is 0 Å². The molecule has 0 saturated carbocycles. The summed E-state index contributed by atoms with van der Waals surface area (Å²) in [4.78, 5) is 31.8. The van der Waals surface area contributed by atoms with Crippen LogP contribution in [0.2, 0.25) is 0 Å². The van der Waals surface area contributed by atoms with Gasteiger partial charge < -0.3 is 5.11 Å². The zero-order valence-corrected chi connectivity index (χ0v) is 28.6. The van der Waals surface area contributed by atoms with Crippen molar-refractivity contribution >= 4 is 43.9 Å². The molecular formula is C33H57BiO6. The van der Waals surface area contributed by atoms with E-state index in [1.165, 1.54) is 109 Å². The van der Waals surface area contributed by atoms with E-state index in [1.807, 2.05) is 6.49 Å². The maximum atomic E-state index is 10.6. The average molecular weight is 759 g/mol. The Morgan fingerprint density at radius 2 is 0.700 bits per heavy atom. The number of unbranched alkanes of at least 4 members (excludes halogenated alkanes) is 18. The van der Waals surface area contributed by atoms with Gasteiger partial charge in [0.2, 0.25) is 0 Å². The van der Waals surface area contributed by atoms with Gasteiger partial charge in [-0.1, -0.05) is 0 Å². The molecule has 1 aliphatic rings. The minimum atomic E-state index is -0.679. The number of carboxylic acid groups (broad SMARTS) is 3. The predicted octanol–water partition coefficient (Wildman–Crippen LogP) is 8.92. The average Bonchev–Trinajstić information content (AvgIpc) is 2.89. The summed E-state index contributed by atoms with van der Waals surface area (Å²) < 4.78 is 3.78. The first-order valence-electron chi connectivity index (χ1n) is 16.4. The molecule has 0 unspecified atom stereocenters. The Labute approximate surface area is 254 Å². The number of carbonyl (C=O) groups is 3. The molecule has 7 heteroatoms. The fourth-order valence-electron chi connectivity index (χ4n) is 5.48. The maximum absolute atomic E-state index is 10.6. The van der Waals surface area contributed by atoms with Crippen LogP contribution < -0.4 is 0 Å². The van der Waals surface area contributed by atoms with E-state index in [2.05, 4.69) is 0 Å². The number of carboxylic acids is 3. The minimum absolute atomic E-state index is 0.306. The van der Waals surface area contributed by atoms with Crippen LogP contribution in [0.4, 0.5) is 0 Å². The topological polar surface area (TPSA) is 112 Å². The number of hydrogen-bond donors (Lipinski definition) is 3. The third kappa shape index (κ3) is 21.6. The molecule has 0 aromatic carbocycles. The summed E-state index contributed by atoms with van der Waals surface area (Å²) in [6.45, 7) is 0. The molecule has 6 nitrogen and oxygen atoms in total. The van der Waals surface area contributed by atoms with Gasteiger partial charge >= 0.3 is 246 Å². The summed E-state index contributed by atoms with van der Waals surface area (Å²) in [5, 5.41) is 26.2. The molecule has 0 amide bonds. The molecule has 0 aliphatic carbocycles. The van der Waals surface area contributed by atoms with E-state index < -0.39 is 40.7 Å². The molecule has 1 rings (SSSR count). The van der Waals surface area contributed by atoms with Crippen molar-refractivity contribution in [2.24, 2.45) is 0 Å². The van der Waals surface area contributed by atoms with Crippen LogP contribution in [0.15, 0.2) is 8.85 Å². The minimum Gasteiger partial charge on any atom is -0.481 e. The van der Waals surface area contributed by atoms with E-state index in [0.717, 1.165) is 44.9 Å². The Bertz CT molecular complexity index is 773. The predicted molar refractivity (Wildman–Crippen MR) is 165 cm³/mol. The summed E-state index contributed by atoms with van der Waals surface area (Å²) in [5.41, 5.74) is 1.78. The van der Waals surface area contributed by atoms with Crippen molar-refractivity contribution < 1.29 is 29.7 Å². The van der Waals surface area contributed by atoms with E-state index in [1.54, 1.807) is 5.57 Å². The van der Waals surface area contributed by atoms with Crippen LogP contribution in [-0.4, -0.2) is 59.2 Å². The summed E-state index contributed by atoms with van der Waals surface area (Å²) in [6, 6.07) is 0. The van der Waals surface area contributed by atoms with Crippen molar-refractivity contribution in [2.45, 2.75) is 173 Å². The molecule has 0 bridgehead atoms. The summed E-state index contributed by atoms with van der Waals surface area (Å²) >= 11 is -0.569. The quantitative estimate of drug-likeness (QED) is 0.0499. The normalized spacial score (nSPS) is 12.8. The van der Waals surface area contributed by atoms with Crippen LogP contribution >= 0.6 is 0 Å². The SMILES string of the molecule is O=C(O)CCCCCCCCC[C]1=[Bi][C](CCCCCCCCCC(=O)O)=C1CCCCCCCCCC(=O)O. The summed E-state index contributed by atoms with van der Waals surface area (Å²) in [7, 11) is 0. The second kappa shape index (κ2) is 25.6. The molecule has 0 aromatic rings. The van der Waals surface area contributed by atoms with Gasteiger partial charge in [0.15, 0.2) is 0 Å². The molecule has 0 saturated heterocycles. The molecule has 1 aliphatic heterocycles. The van der Waals surface area contributed by atoms with Gasteiger partial charge in [0.25, 0.3) is 0 Å². The first-order chi connectivity index (χ1) is 19.4. The second-order valence-electron chi connectivity index (χ2n) is 11.6. The van der Waals surface area contributed by atoms with E-state index in [4.69, 9.17) is 15.3 Å². The van der Waals surface area contributed by atoms with E-state index in [9.17, 15) is 14.4 Å².